The average molecular weight is 251 g/mol. The van der Waals surface area contributed by atoms with Crippen molar-refractivity contribution in [3.05, 3.63) is 59.4 Å². The van der Waals surface area contributed by atoms with Crippen molar-refractivity contribution in [1.29, 1.82) is 5.26 Å². The van der Waals surface area contributed by atoms with Crippen molar-refractivity contribution in [2.24, 2.45) is 0 Å². The van der Waals surface area contributed by atoms with E-state index in [-0.39, 0.29) is 12.3 Å². The van der Waals surface area contributed by atoms with Gasteiger partial charge in [-0.1, -0.05) is 12.1 Å². The van der Waals surface area contributed by atoms with E-state index in [2.05, 4.69) is 10.3 Å². The second-order valence-electron chi connectivity index (χ2n) is 4.22. The molecule has 0 bridgehead atoms. The third-order valence-electron chi connectivity index (χ3n) is 2.76. The number of nitrogens with one attached hydrogen (secondary N) is 1. The Morgan fingerprint density at radius 2 is 2.05 bits per heavy atom. The quantitative estimate of drug-likeness (QED) is 0.911. The minimum absolute atomic E-state index is 0.0965. The van der Waals surface area contributed by atoms with Crippen molar-refractivity contribution in [3.63, 3.8) is 0 Å². The van der Waals surface area contributed by atoms with Gasteiger partial charge in [-0.2, -0.15) is 5.26 Å². The molecular formula is C15H13N3O. The van der Waals surface area contributed by atoms with Crippen molar-refractivity contribution >= 4 is 11.6 Å². The lowest BCUT2D eigenvalue weighted by Gasteiger charge is -2.07. The first-order valence-corrected chi connectivity index (χ1v) is 5.88. The van der Waals surface area contributed by atoms with Gasteiger partial charge in [-0.15, -0.1) is 0 Å². The molecule has 1 heterocycles. The van der Waals surface area contributed by atoms with E-state index >= 15 is 0 Å². The van der Waals surface area contributed by atoms with Crippen molar-refractivity contribution in [1.82, 2.24) is 4.98 Å². The summed E-state index contributed by atoms with van der Waals surface area (Å²) >= 11 is 0. The number of aromatic nitrogens is 1. The molecule has 19 heavy (non-hydrogen) atoms. The van der Waals surface area contributed by atoms with Crippen molar-refractivity contribution in [2.45, 2.75) is 13.3 Å². The minimum atomic E-state index is -0.0965. The molecule has 0 aliphatic rings. The normalized spacial score (nSPS) is 9.68. The number of benzene rings is 1. The molecule has 0 aliphatic heterocycles. The molecule has 2 rings (SSSR count). The number of rotatable bonds is 3. The second kappa shape index (κ2) is 5.78. The lowest BCUT2D eigenvalue weighted by atomic mass is 10.1. The smallest absolute Gasteiger partial charge is 0.228 e. The average Bonchev–Trinajstić information content (AvgIpc) is 2.42. The molecular weight excluding hydrogens is 238 g/mol. The Hall–Kier alpha value is -2.67. The molecule has 2 aromatic rings. The number of nitrogens with zero attached hydrogens (tertiary/aromatic N) is 2. The van der Waals surface area contributed by atoms with E-state index in [0.29, 0.717) is 5.56 Å². The van der Waals surface area contributed by atoms with E-state index < -0.39 is 0 Å². The van der Waals surface area contributed by atoms with Gasteiger partial charge in [-0.25, -0.2) is 0 Å². The van der Waals surface area contributed by atoms with Crippen LogP contribution < -0.4 is 5.32 Å². The van der Waals surface area contributed by atoms with Crippen LogP contribution in [0.1, 0.15) is 16.7 Å². The van der Waals surface area contributed by atoms with E-state index in [9.17, 15) is 4.79 Å². The fraction of sp³-hybridized carbons (Fsp3) is 0.133. The maximum Gasteiger partial charge on any atom is 0.228 e. The van der Waals surface area contributed by atoms with Gasteiger partial charge in [-0.3, -0.25) is 9.78 Å². The van der Waals surface area contributed by atoms with Gasteiger partial charge in [-0.05, 0) is 36.2 Å². The van der Waals surface area contributed by atoms with Crippen LogP contribution in [0.5, 0.6) is 0 Å². The summed E-state index contributed by atoms with van der Waals surface area (Å²) in [6.07, 6.45) is 3.59. The SMILES string of the molecule is Cc1ccncc1NC(=O)Cc1ccc(C#N)cc1. The molecule has 0 saturated heterocycles. The number of anilines is 1. The summed E-state index contributed by atoms with van der Waals surface area (Å²) in [4.78, 5) is 15.9. The first kappa shape index (κ1) is 12.8. The fourth-order valence-electron chi connectivity index (χ4n) is 1.67. The van der Waals surface area contributed by atoms with E-state index in [1.54, 1.807) is 36.7 Å². The third kappa shape index (κ3) is 3.39. The van der Waals surface area contributed by atoms with Crippen LogP contribution >= 0.6 is 0 Å². The first-order valence-electron chi connectivity index (χ1n) is 5.88. The number of carbonyl (C=O) groups excluding carboxylic acids is 1. The first-order chi connectivity index (χ1) is 9.19. The van der Waals surface area contributed by atoms with Crippen LogP contribution in [0.4, 0.5) is 5.69 Å². The highest BCUT2D eigenvalue weighted by atomic mass is 16.1. The zero-order chi connectivity index (χ0) is 13.7. The predicted molar refractivity (Wildman–Crippen MR) is 72.5 cm³/mol. The number of amides is 1. The molecule has 4 heteroatoms. The van der Waals surface area contributed by atoms with E-state index in [1.807, 2.05) is 19.1 Å². The minimum Gasteiger partial charge on any atom is -0.324 e. The van der Waals surface area contributed by atoms with Gasteiger partial charge in [0.25, 0.3) is 0 Å². The molecule has 0 spiro atoms. The van der Waals surface area contributed by atoms with E-state index in [0.717, 1.165) is 16.8 Å². The Kier molecular flexibility index (Phi) is 3.89. The highest BCUT2D eigenvalue weighted by Gasteiger charge is 2.06. The lowest BCUT2D eigenvalue weighted by molar-refractivity contribution is -0.115. The summed E-state index contributed by atoms with van der Waals surface area (Å²) in [5.41, 5.74) is 3.16. The number of hydrogen-bond donors (Lipinski definition) is 1. The predicted octanol–water partition coefficient (Wildman–Crippen LogP) is 2.44. The molecule has 0 aliphatic carbocycles. The Balaban J connectivity index is 2.01. The Labute approximate surface area is 111 Å². The zero-order valence-electron chi connectivity index (χ0n) is 10.6. The van der Waals surface area contributed by atoms with Crippen LogP contribution in [-0.2, 0) is 11.2 Å². The van der Waals surface area contributed by atoms with Gasteiger partial charge in [0.1, 0.15) is 0 Å². The fourth-order valence-corrected chi connectivity index (χ4v) is 1.67. The Morgan fingerprint density at radius 3 is 2.68 bits per heavy atom. The van der Waals surface area contributed by atoms with Gasteiger partial charge in [0.05, 0.1) is 29.9 Å². The van der Waals surface area contributed by atoms with Gasteiger partial charge in [0, 0.05) is 6.20 Å². The summed E-state index contributed by atoms with van der Waals surface area (Å²) in [7, 11) is 0. The lowest BCUT2D eigenvalue weighted by Crippen LogP contribution is -2.15. The molecule has 0 unspecified atom stereocenters. The summed E-state index contributed by atoms with van der Waals surface area (Å²) in [6.45, 7) is 1.92. The van der Waals surface area contributed by atoms with Crippen molar-refractivity contribution < 1.29 is 4.79 Å². The summed E-state index contributed by atoms with van der Waals surface area (Å²) in [5, 5.41) is 11.5. The number of aryl methyl sites for hydroxylation is 1. The van der Waals surface area contributed by atoms with Crippen LogP contribution in [-0.4, -0.2) is 10.9 Å². The molecule has 1 aromatic carbocycles. The van der Waals surface area contributed by atoms with Gasteiger partial charge in [0.15, 0.2) is 0 Å². The summed E-state index contributed by atoms with van der Waals surface area (Å²) in [6, 6.07) is 10.9. The third-order valence-corrected chi connectivity index (χ3v) is 2.76. The van der Waals surface area contributed by atoms with Gasteiger partial charge >= 0.3 is 0 Å². The maximum atomic E-state index is 11.9. The molecule has 94 valence electrons. The van der Waals surface area contributed by atoms with Crippen molar-refractivity contribution in [3.8, 4) is 6.07 Å². The number of nitriles is 1. The van der Waals surface area contributed by atoms with Crippen LogP contribution in [0.2, 0.25) is 0 Å². The Morgan fingerprint density at radius 1 is 1.32 bits per heavy atom. The van der Waals surface area contributed by atoms with Crippen LogP contribution in [0.3, 0.4) is 0 Å². The molecule has 0 saturated carbocycles. The Bertz CT molecular complexity index is 627. The molecule has 0 radical (unpaired) electrons. The zero-order valence-corrected chi connectivity index (χ0v) is 10.6. The number of hydrogen-bond acceptors (Lipinski definition) is 3. The van der Waals surface area contributed by atoms with Gasteiger partial charge in [0.2, 0.25) is 5.91 Å². The summed E-state index contributed by atoms with van der Waals surface area (Å²) in [5.74, 6) is -0.0965. The molecule has 1 N–H and O–H groups in total. The summed E-state index contributed by atoms with van der Waals surface area (Å²) < 4.78 is 0. The topological polar surface area (TPSA) is 65.8 Å². The second-order valence-corrected chi connectivity index (χ2v) is 4.22. The van der Waals surface area contributed by atoms with E-state index in [1.165, 1.54) is 0 Å². The van der Waals surface area contributed by atoms with E-state index in [4.69, 9.17) is 5.26 Å². The number of carbonyl (C=O) groups is 1. The molecule has 1 amide bonds. The highest BCUT2D eigenvalue weighted by Crippen LogP contribution is 2.12. The highest BCUT2D eigenvalue weighted by molar-refractivity contribution is 5.92. The van der Waals surface area contributed by atoms with Crippen LogP contribution in [0.25, 0.3) is 0 Å². The molecule has 4 nitrogen and oxygen atoms in total. The monoisotopic (exact) mass is 251 g/mol. The maximum absolute atomic E-state index is 11.9. The van der Waals surface area contributed by atoms with Crippen LogP contribution in [0, 0.1) is 18.3 Å². The molecule has 0 atom stereocenters. The molecule has 0 fully saturated rings. The van der Waals surface area contributed by atoms with Crippen LogP contribution in [0.15, 0.2) is 42.7 Å². The van der Waals surface area contributed by atoms with Gasteiger partial charge < -0.3 is 5.32 Å². The number of pyridine rings is 1. The largest absolute Gasteiger partial charge is 0.324 e. The van der Waals surface area contributed by atoms with Crippen molar-refractivity contribution in [2.75, 3.05) is 5.32 Å². The standard InChI is InChI=1S/C15H13N3O/c1-11-6-7-17-10-14(11)18-15(19)8-12-2-4-13(9-16)5-3-12/h2-7,10H,8H2,1H3,(H,18,19). The molecule has 1 aromatic heterocycles.